The Balaban J connectivity index is 0.000000748. The average molecular weight is 621 g/mol. The lowest BCUT2D eigenvalue weighted by Crippen LogP contribution is -2.56. The van der Waals surface area contributed by atoms with E-state index >= 15 is 0 Å². The van der Waals surface area contributed by atoms with Crippen LogP contribution < -0.4 is 16.0 Å². The van der Waals surface area contributed by atoms with Crippen LogP contribution in [0.5, 0.6) is 0 Å². The second-order valence-corrected chi connectivity index (χ2v) is 11.2. The Morgan fingerprint density at radius 3 is 2.62 bits per heavy atom. The van der Waals surface area contributed by atoms with E-state index in [-0.39, 0.29) is 17.6 Å². The van der Waals surface area contributed by atoms with Crippen molar-refractivity contribution in [2.24, 2.45) is 0 Å². The van der Waals surface area contributed by atoms with Crippen LogP contribution >= 0.6 is 22.9 Å². The van der Waals surface area contributed by atoms with Crippen molar-refractivity contribution in [3.05, 3.63) is 51.2 Å². The summed E-state index contributed by atoms with van der Waals surface area (Å²) in [5.74, 6) is -2.61. The summed E-state index contributed by atoms with van der Waals surface area (Å²) in [6.45, 7) is 0.882. The van der Waals surface area contributed by atoms with Gasteiger partial charge in [-0.05, 0) is 38.4 Å². The number of nitrogens with one attached hydrogen (secondary N) is 3. The molecule has 3 atom stereocenters. The molecule has 0 saturated heterocycles. The predicted octanol–water partition coefficient (Wildman–Crippen LogP) is 0.815. The van der Waals surface area contributed by atoms with Gasteiger partial charge in [-0.3, -0.25) is 14.4 Å². The summed E-state index contributed by atoms with van der Waals surface area (Å²) in [5, 5.41) is 31.8. The summed E-state index contributed by atoms with van der Waals surface area (Å²) in [6.07, 6.45) is 5.02. The number of thiazole rings is 1. The van der Waals surface area contributed by atoms with E-state index < -0.39 is 36.5 Å². The summed E-state index contributed by atoms with van der Waals surface area (Å²) < 4.78 is 5.39. The quantitative estimate of drug-likeness (QED) is 0.242. The fourth-order valence-corrected chi connectivity index (χ4v) is 5.80. The maximum atomic E-state index is 13.2. The zero-order valence-corrected chi connectivity index (χ0v) is 24.0. The van der Waals surface area contributed by atoms with Gasteiger partial charge in [0.25, 0.3) is 5.91 Å². The number of carbonyl (C=O) groups excluding carboxylic acids is 3. The smallest absolute Gasteiger partial charge is 0.329 e. The highest BCUT2D eigenvalue weighted by molar-refractivity contribution is 7.13. The molecule has 1 saturated carbocycles. The fourth-order valence-electron chi connectivity index (χ4n) is 4.59. The number of likely N-dealkylation sites (N-methyl/N-ethyl adjacent to an activating group) is 1. The van der Waals surface area contributed by atoms with Crippen molar-refractivity contribution in [3.8, 4) is 0 Å². The number of hydrogen-bond acceptors (Lipinski definition) is 12. The van der Waals surface area contributed by atoms with Gasteiger partial charge in [0, 0.05) is 42.5 Å². The van der Waals surface area contributed by atoms with Crippen LogP contribution in [-0.2, 0) is 27.3 Å². The van der Waals surface area contributed by atoms with Crippen molar-refractivity contribution in [1.82, 2.24) is 35.7 Å². The summed E-state index contributed by atoms with van der Waals surface area (Å²) in [4.78, 5) is 59.3. The molecule has 0 unspecified atom stereocenters. The molecule has 15 nitrogen and oxygen atoms in total. The van der Waals surface area contributed by atoms with Gasteiger partial charge in [-0.25, -0.2) is 14.8 Å². The van der Waals surface area contributed by atoms with Crippen LogP contribution in [0.3, 0.4) is 0 Å². The molecular weight excluding hydrogens is 592 g/mol. The minimum absolute atomic E-state index is 0.0915. The van der Waals surface area contributed by atoms with Crippen LogP contribution in [0.4, 0.5) is 5.82 Å². The molecule has 17 heteroatoms. The van der Waals surface area contributed by atoms with Crippen molar-refractivity contribution >= 4 is 52.4 Å². The van der Waals surface area contributed by atoms with Crippen LogP contribution in [0.15, 0.2) is 29.1 Å². The number of amides is 3. The number of hydrogen-bond donors (Lipinski definition) is 5. The Kier molecular flexibility index (Phi) is 10.5. The Labute approximate surface area is 248 Å². The third-order valence-electron chi connectivity index (χ3n) is 6.64. The first-order valence-electron chi connectivity index (χ1n) is 12.9. The fraction of sp³-hybridized carbons (Fsp3) is 0.440. The van der Waals surface area contributed by atoms with Crippen molar-refractivity contribution in [3.63, 3.8) is 0 Å². The highest BCUT2D eigenvalue weighted by atomic mass is 35.5. The van der Waals surface area contributed by atoms with E-state index in [1.165, 1.54) is 30.0 Å². The van der Waals surface area contributed by atoms with Crippen molar-refractivity contribution in [2.45, 2.75) is 50.2 Å². The zero-order chi connectivity index (χ0) is 30.2. The van der Waals surface area contributed by atoms with Crippen LogP contribution in [0.2, 0.25) is 5.02 Å². The highest BCUT2D eigenvalue weighted by Crippen LogP contribution is 2.33. The molecule has 0 bridgehead atoms. The number of carboxylic acids is 1. The molecule has 3 aromatic heterocycles. The first kappa shape index (κ1) is 31.0. The molecular formula is C25H29ClN8O7S. The molecule has 1 fully saturated rings. The first-order valence-corrected chi connectivity index (χ1v) is 14.1. The van der Waals surface area contributed by atoms with Gasteiger partial charge in [0.1, 0.15) is 12.4 Å². The third kappa shape index (κ3) is 8.28. The van der Waals surface area contributed by atoms with E-state index in [1.54, 1.807) is 6.07 Å². The number of aliphatic carboxylic acids is 1. The molecule has 2 aliphatic rings. The maximum Gasteiger partial charge on any atom is 0.329 e. The van der Waals surface area contributed by atoms with Crippen LogP contribution in [-0.4, -0.2) is 91.3 Å². The van der Waals surface area contributed by atoms with E-state index in [2.05, 4.69) is 41.0 Å². The summed E-state index contributed by atoms with van der Waals surface area (Å²) in [5.41, 5.74) is 0.956. The topological polar surface area (TPSA) is 213 Å². The number of carbonyl (C=O) groups is 4. The lowest BCUT2D eigenvalue weighted by atomic mass is 9.82. The van der Waals surface area contributed by atoms with Gasteiger partial charge < -0.3 is 35.5 Å². The van der Waals surface area contributed by atoms with Crippen LogP contribution in [0.25, 0.3) is 0 Å². The minimum atomic E-state index is -1.19. The summed E-state index contributed by atoms with van der Waals surface area (Å²) in [6, 6.07) is 2.09. The molecule has 3 aromatic rings. The first-order chi connectivity index (χ1) is 20.1. The van der Waals surface area contributed by atoms with Gasteiger partial charge in [-0.1, -0.05) is 11.6 Å². The van der Waals surface area contributed by atoms with Crippen molar-refractivity contribution in [2.75, 3.05) is 25.5 Å². The predicted molar refractivity (Wildman–Crippen MR) is 149 cm³/mol. The Morgan fingerprint density at radius 1 is 1.17 bits per heavy atom. The standard InChI is InChI=1S/C23H25ClN8O4S.C2H4O3/c1-32-7-6-15-17(10-32)37-23(29-15)21(35)28-16-8-12(22-31-26-11-36-22)2-4-14(16)27-19(33)20(34)30-18-5-3-13(24)9-25-18;3-1-2(4)5/h3,5,9,11-12,14,16H,2,4,6-8,10H2,1H3,(H,27,33)(H,28,35)(H,25,30,34);3H,1H2,(H,4,5)/t12-,14-,16+;/m0./s1. The second kappa shape index (κ2) is 14.3. The SMILES string of the molecule is CN1CCc2nc(C(=O)N[C@@H]3C[C@@H](c4nnco4)CC[C@@H]3NC(=O)C(=O)Nc3ccc(Cl)cn3)sc2C1.O=C(O)CO. The normalized spacial score (nSPS) is 19.9. The number of nitrogens with zero attached hydrogens (tertiary/aromatic N) is 5. The number of fused-ring (bicyclic) bond motifs is 1. The highest BCUT2D eigenvalue weighted by Gasteiger charge is 2.37. The molecule has 0 spiro atoms. The number of pyridine rings is 1. The molecule has 4 heterocycles. The molecule has 1 aliphatic heterocycles. The van der Waals surface area contributed by atoms with Crippen molar-refractivity contribution < 1.29 is 33.8 Å². The van der Waals surface area contributed by atoms with Gasteiger partial charge in [-0.15, -0.1) is 21.5 Å². The zero-order valence-electron chi connectivity index (χ0n) is 22.4. The lowest BCUT2D eigenvalue weighted by Gasteiger charge is -2.35. The van der Waals surface area contributed by atoms with E-state index in [9.17, 15) is 14.4 Å². The number of anilines is 1. The van der Waals surface area contributed by atoms with E-state index in [4.69, 9.17) is 31.0 Å². The van der Waals surface area contributed by atoms with Crippen molar-refractivity contribution in [1.29, 1.82) is 0 Å². The molecule has 224 valence electrons. The summed E-state index contributed by atoms with van der Waals surface area (Å²) >= 11 is 7.20. The molecule has 1 aliphatic carbocycles. The van der Waals surface area contributed by atoms with Gasteiger partial charge in [0.05, 0.1) is 16.8 Å². The second-order valence-electron chi connectivity index (χ2n) is 9.69. The minimum Gasteiger partial charge on any atom is -0.480 e. The monoisotopic (exact) mass is 620 g/mol. The average Bonchev–Trinajstić information content (AvgIpc) is 3.66. The molecule has 42 heavy (non-hydrogen) atoms. The Morgan fingerprint density at radius 2 is 1.95 bits per heavy atom. The molecule has 5 N–H and O–H groups in total. The summed E-state index contributed by atoms with van der Waals surface area (Å²) in [7, 11) is 2.04. The van der Waals surface area contributed by atoms with Gasteiger partial charge in [0.15, 0.2) is 5.01 Å². The lowest BCUT2D eigenvalue weighted by molar-refractivity contribution is -0.140. The Hall–Kier alpha value is -3.99. The Bertz CT molecular complexity index is 1400. The number of carboxylic acid groups (broad SMARTS) is 1. The molecule has 5 rings (SSSR count). The number of rotatable bonds is 6. The van der Waals surface area contributed by atoms with E-state index in [0.717, 1.165) is 30.1 Å². The van der Waals surface area contributed by atoms with Gasteiger partial charge in [-0.2, -0.15) is 0 Å². The van der Waals surface area contributed by atoms with E-state index in [0.29, 0.717) is 35.2 Å². The maximum absolute atomic E-state index is 13.2. The molecule has 0 radical (unpaired) electrons. The van der Waals surface area contributed by atoms with Gasteiger partial charge >= 0.3 is 17.8 Å². The third-order valence-corrected chi connectivity index (χ3v) is 7.94. The molecule has 0 aromatic carbocycles. The largest absolute Gasteiger partial charge is 0.480 e. The molecule has 3 amide bonds. The number of halogens is 1. The van der Waals surface area contributed by atoms with Crippen LogP contribution in [0.1, 0.15) is 51.4 Å². The number of aliphatic hydroxyl groups is 1. The number of aliphatic hydroxyl groups excluding tert-OH is 1. The van der Waals surface area contributed by atoms with Gasteiger partial charge in [0.2, 0.25) is 12.3 Å². The number of aromatic nitrogens is 4. The van der Waals surface area contributed by atoms with E-state index in [1.807, 2.05) is 7.05 Å². The van der Waals surface area contributed by atoms with Crippen LogP contribution in [0, 0.1) is 0 Å².